The van der Waals surface area contributed by atoms with Crippen LogP contribution in [0.5, 0.6) is 0 Å². The molecule has 0 unspecified atom stereocenters. The predicted octanol–water partition coefficient (Wildman–Crippen LogP) is 2.28. The van der Waals surface area contributed by atoms with Gasteiger partial charge in [0.1, 0.15) is 0 Å². The van der Waals surface area contributed by atoms with Gasteiger partial charge in [0.15, 0.2) is 5.85 Å². The molecule has 1 aliphatic rings. The normalized spacial score (nSPS) is 21.3. The molecular weight excluding hydrogens is 233 g/mol. The smallest absolute Gasteiger partial charge is 0.350 e. The van der Waals surface area contributed by atoms with Gasteiger partial charge < -0.3 is 13.9 Å². The molecule has 94 valence electrons. The van der Waals surface area contributed by atoms with Gasteiger partial charge in [0.05, 0.1) is 19.6 Å². The summed E-state index contributed by atoms with van der Waals surface area (Å²) in [7, 11) is -3.34. The highest BCUT2D eigenvalue weighted by Crippen LogP contribution is 2.55. The van der Waals surface area contributed by atoms with Gasteiger partial charge in [0, 0.05) is 11.3 Å². The van der Waals surface area contributed by atoms with Crippen LogP contribution in [0.1, 0.15) is 33.6 Å². The van der Waals surface area contributed by atoms with Gasteiger partial charge in [-0.2, -0.15) is 0 Å². The van der Waals surface area contributed by atoms with E-state index in [0.717, 1.165) is 0 Å². The van der Waals surface area contributed by atoms with Gasteiger partial charge in [-0.25, -0.2) is 0 Å². The van der Waals surface area contributed by atoms with E-state index in [4.69, 9.17) is 13.9 Å². The van der Waals surface area contributed by atoms with Gasteiger partial charge in [-0.1, -0.05) is 6.92 Å². The van der Waals surface area contributed by atoms with E-state index in [0.29, 0.717) is 23.5 Å². The fourth-order valence-electron chi connectivity index (χ4n) is 1.50. The summed E-state index contributed by atoms with van der Waals surface area (Å²) in [6.45, 7) is 5.81. The molecule has 0 aliphatic carbocycles. The monoisotopic (exact) mass is 251 g/mol. The first-order chi connectivity index (χ1) is 7.57. The predicted molar refractivity (Wildman–Crippen MR) is 59.3 cm³/mol. The SMILES string of the molecule is CCOP(=O)(OCC)[C@H]1CC(CC)=[N+]([O-])O1. The van der Waals surface area contributed by atoms with Gasteiger partial charge in [0.25, 0.3) is 0 Å². The summed E-state index contributed by atoms with van der Waals surface area (Å²) in [5, 5.41) is 11.3. The minimum Gasteiger partial charge on any atom is -0.387 e. The summed E-state index contributed by atoms with van der Waals surface area (Å²) in [5.74, 6) is -0.806. The number of nitrogens with zero attached hydrogens (tertiary/aromatic N) is 1. The number of rotatable bonds is 6. The van der Waals surface area contributed by atoms with Gasteiger partial charge in [-0.3, -0.25) is 9.77 Å². The van der Waals surface area contributed by atoms with Crippen molar-refractivity contribution in [3.63, 3.8) is 0 Å². The Kier molecular flexibility index (Phi) is 4.77. The van der Waals surface area contributed by atoms with Crippen molar-refractivity contribution in [2.45, 2.75) is 39.5 Å². The molecule has 0 radical (unpaired) electrons. The summed E-state index contributed by atoms with van der Waals surface area (Å²) in [6.07, 6.45) is 0.871. The second-order valence-corrected chi connectivity index (χ2v) is 5.49. The second kappa shape index (κ2) is 5.66. The Hall–Kier alpha value is -0.580. The Balaban J connectivity index is 2.74. The largest absolute Gasteiger partial charge is 0.387 e. The van der Waals surface area contributed by atoms with E-state index in [1.807, 2.05) is 6.92 Å². The molecular formula is C9H18NO5P. The van der Waals surface area contributed by atoms with Crippen LogP contribution in [-0.2, 0) is 18.5 Å². The third-order valence-electron chi connectivity index (χ3n) is 2.26. The zero-order valence-corrected chi connectivity index (χ0v) is 10.7. The van der Waals surface area contributed by atoms with E-state index in [-0.39, 0.29) is 13.2 Å². The Morgan fingerprint density at radius 3 is 2.38 bits per heavy atom. The molecule has 16 heavy (non-hydrogen) atoms. The van der Waals surface area contributed by atoms with Crippen molar-refractivity contribution in [1.29, 1.82) is 0 Å². The highest BCUT2D eigenvalue weighted by Gasteiger charge is 2.42. The second-order valence-electron chi connectivity index (χ2n) is 3.32. The molecule has 0 fully saturated rings. The quantitative estimate of drug-likeness (QED) is 0.535. The van der Waals surface area contributed by atoms with E-state index in [2.05, 4.69) is 0 Å². The molecule has 0 N–H and O–H groups in total. The summed E-state index contributed by atoms with van der Waals surface area (Å²) < 4.78 is 22.5. The lowest BCUT2D eigenvalue weighted by Gasteiger charge is -2.22. The fourth-order valence-corrected chi connectivity index (χ4v) is 3.27. The minimum atomic E-state index is -3.34. The summed E-state index contributed by atoms with van der Waals surface area (Å²) in [5.41, 5.74) is 0.560. The van der Waals surface area contributed by atoms with Crippen molar-refractivity contribution in [3.8, 4) is 0 Å². The molecule has 6 nitrogen and oxygen atoms in total. The van der Waals surface area contributed by atoms with Gasteiger partial charge >= 0.3 is 7.60 Å². The number of hydrogen-bond acceptors (Lipinski definition) is 5. The van der Waals surface area contributed by atoms with Crippen LogP contribution in [0.3, 0.4) is 0 Å². The highest BCUT2D eigenvalue weighted by atomic mass is 31.2. The van der Waals surface area contributed by atoms with Crippen LogP contribution in [0.25, 0.3) is 0 Å². The molecule has 0 spiro atoms. The summed E-state index contributed by atoms with van der Waals surface area (Å²) in [4.78, 5) is 5.39. The van der Waals surface area contributed by atoms with Gasteiger partial charge in [-0.05, 0) is 13.8 Å². The molecule has 1 aliphatic heterocycles. The molecule has 0 aromatic carbocycles. The molecule has 7 heteroatoms. The molecule has 0 saturated heterocycles. The molecule has 1 heterocycles. The average molecular weight is 251 g/mol. The maximum absolute atomic E-state index is 12.3. The zero-order valence-electron chi connectivity index (χ0n) is 9.84. The van der Waals surface area contributed by atoms with Crippen LogP contribution < -0.4 is 0 Å². The van der Waals surface area contributed by atoms with Crippen LogP contribution in [-0.4, -0.2) is 29.7 Å². The summed E-state index contributed by atoms with van der Waals surface area (Å²) >= 11 is 0. The maximum atomic E-state index is 12.3. The van der Waals surface area contributed by atoms with E-state index in [1.165, 1.54) is 0 Å². The maximum Gasteiger partial charge on any atom is 0.350 e. The Morgan fingerprint density at radius 2 is 2.00 bits per heavy atom. The summed E-state index contributed by atoms with van der Waals surface area (Å²) in [6, 6.07) is 0. The van der Waals surface area contributed by atoms with E-state index < -0.39 is 13.4 Å². The van der Waals surface area contributed by atoms with Crippen molar-refractivity contribution >= 4 is 13.3 Å². The molecule has 0 bridgehead atoms. The van der Waals surface area contributed by atoms with Gasteiger partial charge in [0.2, 0.25) is 5.71 Å². The van der Waals surface area contributed by atoms with Gasteiger partial charge in [-0.15, -0.1) is 0 Å². The molecule has 0 aromatic rings. The fraction of sp³-hybridized carbons (Fsp3) is 0.889. The van der Waals surface area contributed by atoms with E-state index >= 15 is 0 Å². The Labute approximate surface area is 95.3 Å². The molecule has 1 atom stereocenters. The number of hydrogen-bond donors (Lipinski definition) is 0. The van der Waals surface area contributed by atoms with Crippen molar-refractivity contribution < 1.29 is 23.4 Å². The van der Waals surface area contributed by atoms with Crippen LogP contribution in [0.15, 0.2) is 0 Å². The first kappa shape index (κ1) is 13.5. The van der Waals surface area contributed by atoms with Crippen LogP contribution in [0, 0.1) is 5.21 Å². The lowest BCUT2D eigenvalue weighted by atomic mass is 10.2. The first-order valence-corrected chi connectivity index (χ1v) is 7.06. The standard InChI is InChI=1S/C9H18NO5P/c1-4-8-7-9(15-10(8)11)16(12,13-5-2)14-6-3/h9H,4-7H2,1-3H3/t9-/m0/s1. The van der Waals surface area contributed by atoms with Crippen LogP contribution >= 0.6 is 7.60 Å². The van der Waals surface area contributed by atoms with Crippen LogP contribution in [0.4, 0.5) is 0 Å². The zero-order chi connectivity index (χ0) is 12.2. The Bertz CT molecular complexity index is 307. The lowest BCUT2D eigenvalue weighted by Crippen LogP contribution is -2.14. The van der Waals surface area contributed by atoms with Crippen molar-refractivity contribution in [2.75, 3.05) is 13.2 Å². The van der Waals surface area contributed by atoms with Crippen LogP contribution in [0.2, 0.25) is 0 Å². The third kappa shape index (κ3) is 2.75. The topological polar surface area (TPSA) is 70.8 Å². The third-order valence-corrected chi connectivity index (χ3v) is 4.48. The van der Waals surface area contributed by atoms with Crippen molar-refractivity contribution in [1.82, 2.24) is 0 Å². The molecule has 1 rings (SSSR count). The highest BCUT2D eigenvalue weighted by molar-refractivity contribution is 7.54. The molecule has 0 aromatic heterocycles. The minimum absolute atomic E-state index is 0.261. The van der Waals surface area contributed by atoms with E-state index in [1.54, 1.807) is 13.8 Å². The Morgan fingerprint density at radius 1 is 1.44 bits per heavy atom. The first-order valence-electron chi connectivity index (χ1n) is 5.44. The lowest BCUT2D eigenvalue weighted by molar-refractivity contribution is -0.736. The van der Waals surface area contributed by atoms with Crippen molar-refractivity contribution in [3.05, 3.63) is 5.21 Å². The van der Waals surface area contributed by atoms with Crippen molar-refractivity contribution in [2.24, 2.45) is 0 Å². The average Bonchev–Trinajstić information content (AvgIpc) is 2.61. The molecule has 0 saturated carbocycles. The van der Waals surface area contributed by atoms with E-state index in [9.17, 15) is 9.77 Å². The molecule has 0 amide bonds.